The van der Waals surface area contributed by atoms with Gasteiger partial charge in [0.1, 0.15) is 17.7 Å². The first-order valence-corrected chi connectivity index (χ1v) is 6.74. The molecule has 2 rings (SSSR count). The molecule has 0 aliphatic carbocycles. The monoisotopic (exact) mass is 294 g/mol. The number of aliphatic hydroxyl groups excluding tert-OH is 1. The molecule has 2 aromatic rings. The fourth-order valence-corrected chi connectivity index (χ4v) is 2.16. The molecule has 0 aromatic heterocycles. The van der Waals surface area contributed by atoms with Crippen molar-refractivity contribution in [3.63, 3.8) is 0 Å². The predicted octanol–water partition coefficient (Wildman–Crippen LogP) is 4.35. The van der Waals surface area contributed by atoms with E-state index in [2.05, 4.69) is 0 Å². The summed E-state index contributed by atoms with van der Waals surface area (Å²) in [6.45, 7) is 3.88. The van der Waals surface area contributed by atoms with Crippen molar-refractivity contribution in [3.8, 4) is 5.75 Å². The largest absolute Gasteiger partial charge is 0.491 e. The summed E-state index contributed by atoms with van der Waals surface area (Å²) < 4.78 is 18.8. The van der Waals surface area contributed by atoms with Crippen molar-refractivity contribution in [2.24, 2.45) is 0 Å². The number of benzene rings is 2. The van der Waals surface area contributed by atoms with E-state index in [0.717, 1.165) is 5.75 Å². The van der Waals surface area contributed by atoms with Crippen molar-refractivity contribution in [1.82, 2.24) is 0 Å². The quantitative estimate of drug-likeness (QED) is 0.908. The zero-order chi connectivity index (χ0) is 14.7. The Morgan fingerprint density at radius 3 is 2.25 bits per heavy atom. The third-order valence-corrected chi connectivity index (χ3v) is 2.99. The van der Waals surface area contributed by atoms with E-state index in [0.29, 0.717) is 11.1 Å². The molecule has 0 radical (unpaired) electrons. The summed E-state index contributed by atoms with van der Waals surface area (Å²) in [6, 6.07) is 11.1. The Hall–Kier alpha value is -1.58. The van der Waals surface area contributed by atoms with Crippen LogP contribution in [0.4, 0.5) is 4.39 Å². The summed E-state index contributed by atoms with van der Waals surface area (Å²) in [5.74, 6) is 0.263. The molecule has 1 atom stereocenters. The topological polar surface area (TPSA) is 29.5 Å². The van der Waals surface area contributed by atoms with E-state index in [1.165, 1.54) is 12.1 Å². The molecule has 1 N–H and O–H groups in total. The van der Waals surface area contributed by atoms with E-state index in [4.69, 9.17) is 16.3 Å². The number of rotatable bonds is 4. The zero-order valence-corrected chi connectivity index (χ0v) is 12.1. The first-order chi connectivity index (χ1) is 9.45. The highest BCUT2D eigenvalue weighted by Crippen LogP contribution is 2.27. The summed E-state index contributed by atoms with van der Waals surface area (Å²) in [4.78, 5) is 0. The lowest BCUT2D eigenvalue weighted by Crippen LogP contribution is -2.06. The van der Waals surface area contributed by atoms with Gasteiger partial charge in [-0.1, -0.05) is 23.7 Å². The minimum absolute atomic E-state index is 0.0906. The van der Waals surface area contributed by atoms with Crippen LogP contribution in [0.1, 0.15) is 31.1 Å². The molecule has 1 unspecified atom stereocenters. The average Bonchev–Trinajstić information content (AvgIpc) is 2.37. The second-order valence-corrected chi connectivity index (χ2v) is 5.28. The molecule has 2 nitrogen and oxygen atoms in total. The van der Waals surface area contributed by atoms with Crippen LogP contribution in [0.2, 0.25) is 5.02 Å². The van der Waals surface area contributed by atoms with Gasteiger partial charge in [0.05, 0.1) is 6.10 Å². The molecule has 0 bridgehead atoms. The Balaban J connectivity index is 2.22. The summed E-state index contributed by atoms with van der Waals surface area (Å²) in [5.41, 5.74) is 1.08. The van der Waals surface area contributed by atoms with E-state index >= 15 is 0 Å². The van der Waals surface area contributed by atoms with E-state index in [9.17, 15) is 9.50 Å². The summed E-state index contributed by atoms with van der Waals surface area (Å²) in [6.07, 6.45) is -0.830. The van der Waals surface area contributed by atoms with E-state index in [1.54, 1.807) is 30.3 Å². The Morgan fingerprint density at radius 1 is 1.05 bits per heavy atom. The minimum atomic E-state index is -0.920. The minimum Gasteiger partial charge on any atom is -0.491 e. The molecule has 0 aliphatic rings. The maximum absolute atomic E-state index is 13.3. The second-order valence-electron chi connectivity index (χ2n) is 4.84. The predicted molar refractivity (Wildman–Crippen MR) is 77.7 cm³/mol. The zero-order valence-electron chi connectivity index (χ0n) is 11.3. The molecule has 0 aliphatic heterocycles. The molecule has 0 heterocycles. The van der Waals surface area contributed by atoms with Crippen LogP contribution in [0, 0.1) is 5.82 Å². The molecular formula is C16H16ClFO2. The molecule has 0 fully saturated rings. The van der Waals surface area contributed by atoms with Crippen molar-refractivity contribution in [3.05, 3.63) is 64.4 Å². The summed E-state index contributed by atoms with van der Waals surface area (Å²) in [7, 11) is 0. The van der Waals surface area contributed by atoms with Gasteiger partial charge in [0, 0.05) is 5.02 Å². The Bertz CT molecular complexity index is 561. The maximum atomic E-state index is 13.3. The number of hydrogen-bond donors (Lipinski definition) is 1. The highest BCUT2D eigenvalue weighted by molar-refractivity contribution is 6.30. The van der Waals surface area contributed by atoms with Gasteiger partial charge < -0.3 is 9.84 Å². The van der Waals surface area contributed by atoms with Gasteiger partial charge in [0.25, 0.3) is 0 Å². The number of aliphatic hydroxyl groups is 1. The van der Waals surface area contributed by atoms with Crippen LogP contribution in [0.25, 0.3) is 0 Å². The molecule has 20 heavy (non-hydrogen) atoms. The van der Waals surface area contributed by atoms with Crippen molar-refractivity contribution < 1.29 is 14.2 Å². The molecule has 4 heteroatoms. The molecular weight excluding hydrogens is 279 g/mol. The number of ether oxygens (including phenoxy) is 1. The summed E-state index contributed by atoms with van der Waals surface area (Å²) >= 11 is 5.79. The first-order valence-electron chi connectivity index (χ1n) is 6.36. The molecule has 0 saturated carbocycles. The van der Waals surface area contributed by atoms with Gasteiger partial charge in [-0.15, -0.1) is 0 Å². The van der Waals surface area contributed by atoms with Crippen molar-refractivity contribution >= 4 is 11.6 Å². The first kappa shape index (κ1) is 14.8. The fraction of sp³-hybridized carbons (Fsp3) is 0.250. The SMILES string of the molecule is CC(C)Oc1ccc(C(O)c2cc(F)cc(Cl)c2)cc1. The van der Waals surface area contributed by atoms with Crippen LogP contribution in [-0.2, 0) is 0 Å². The summed E-state index contributed by atoms with van der Waals surface area (Å²) in [5, 5.41) is 10.5. The Kier molecular flexibility index (Phi) is 4.63. The van der Waals surface area contributed by atoms with Gasteiger partial charge >= 0.3 is 0 Å². The van der Waals surface area contributed by atoms with Crippen molar-refractivity contribution in [1.29, 1.82) is 0 Å². The van der Waals surface area contributed by atoms with Crippen molar-refractivity contribution in [2.45, 2.75) is 26.1 Å². The van der Waals surface area contributed by atoms with Gasteiger partial charge in [-0.25, -0.2) is 4.39 Å². The molecule has 2 aromatic carbocycles. The Morgan fingerprint density at radius 2 is 1.70 bits per heavy atom. The Labute approximate surface area is 122 Å². The van der Waals surface area contributed by atoms with Crippen LogP contribution in [0.15, 0.2) is 42.5 Å². The van der Waals surface area contributed by atoms with Crippen molar-refractivity contribution in [2.75, 3.05) is 0 Å². The average molecular weight is 295 g/mol. The van der Waals surface area contributed by atoms with E-state index in [-0.39, 0.29) is 11.1 Å². The fourth-order valence-electron chi connectivity index (χ4n) is 1.93. The maximum Gasteiger partial charge on any atom is 0.125 e. The lowest BCUT2D eigenvalue weighted by atomic mass is 10.0. The van der Waals surface area contributed by atoms with E-state index < -0.39 is 11.9 Å². The van der Waals surface area contributed by atoms with Gasteiger partial charge in [-0.2, -0.15) is 0 Å². The van der Waals surface area contributed by atoms with Gasteiger partial charge in [-0.3, -0.25) is 0 Å². The van der Waals surface area contributed by atoms with Crippen LogP contribution < -0.4 is 4.74 Å². The molecule has 106 valence electrons. The highest BCUT2D eigenvalue weighted by Gasteiger charge is 2.12. The standard InChI is InChI=1S/C16H16ClFO2/c1-10(2)20-15-5-3-11(4-6-15)16(19)12-7-13(17)9-14(18)8-12/h3-10,16,19H,1-2H3. The van der Waals surface area contributed by atoms with Gasteiger partial charge in [-0.05, 0) is 55.3 Å². The highest BCUT2D eigenvalue weighted by atomic mass is 35.5. The molecule has 0 amide bonds. The van der Waals surface area contributed by atoms with E-state index in [1.807, 2.05) is 13.8 Å². The lowest BCUT2D eigenvalue weighted by Gasteiger charge is -2.14. The van der Waals surface area contributed by atoms with Crippen LogP contribution >= 0.6 is 11.6 Å². The lowest BCUT2D eigenvalue weighted by molar-refractivity contribution is 0.219. The van der Waals surface area contributed by atoms with Crippen LogP contribution in [0.3, 0.4) is 0 Å². The van der Waals surface area contributed by atoms with Crippen LogP contribution in [0.5, 0.6) is 5.75 Å². The number of hydrogen-bond acceptors (Lipinski definition) is 2. The smallest absolute Gasteiger partial charge is 0.125 e. The molecule has 0 spiro atoms. The second kappa shape index (κ2) is 6.25. The number of halogens is 2. The molecule has 0 saturated heterocycles. The third-order valence-electron chi connectivity index (χ3n) is 2.77. The van der Waals surface area contributed by atoms with Gasteiger partial charge in [0.2, 0.25) is 0 Å². The normalized spacial score (nSPS) is 12.5. The third kappa shape index (κ3) is 3.71. The van der Waals surface area contributed by atoms with Gasteiger partial charge in [0.15, 0.2) is 0 Å². The van der Waals surface area contributed by atoms with Crippen LogP contribution in [-0.4, -0.2) is 11.2 Å².